The van der Waals surface area contributed by atoms with E-state index in [1.165, 1.54) is 0 Å². The molecule has 0 spiro atoms. The van der Waals surface area contributed by atoms with Gasteiger partial charge >= 0.3 is 12.1 Å². The van der Waals surface area contributed by atoms with Crippen molar-refractivity contribution in [3.8, 4) is 0 Å². The topological polar surface area (TPSA) is 29.4 Å². The quantitative estimate of drug-likeness (QED) is 0.824. The van der Waals surface area contributed by atoms with Crippen LogP contribution >= 0.6 is 0 Å². The molecule has 104 valence electrons. The van der Waals surface area contributed by atoms with Crippen molar-refractivity contribution in [3.63, 3.8) is 0 Å². The molecule has 2 aromatic rings. The summed E-state index contributed by atoms with van der Waals surface area (Å²) in [7, 11) is -1.27. The second kappa shape index (κ2) is 6.00. The standard InChI is InChI=1S/C14H10F3NOS/c15-14(16,17)13(19)18-20(11-7-3-1-4-8-11)12-9-5-2-6-10-12/h1-10H. The van der Waals surface area contributed by atoms with Gasteiger partial charge in [-0.05, 0) is 35.0 Å². The van der Waals surface area contributed by atoms with E-state index in [0.717, 1.165) is 0 Å². The Hall–Kier alpha value is -1.95. The van der Waals surface area contributed by atoms with Gasteiger partial charge in [0, 0.05) is 9.79 Å². The molecular weight excluding hydrogens is 287 g/mol. The smallest absolute Gasteiger partial charge is 0.261 e. The van der Waals surface area contributed by atoms with Crippen LogP contribution < -0.4 is 0 Å². The lowest BCUT2D eigenvalue weighted by molar-refractivity contribution is -0.169. The number of rotatable bonds is 2. The highest BCUT2D eigenvalue weighted by molar-refractivity contribution is 7.87. The third kappa shape index (κ3) is 3.54. The molecular formula is C14H10F3NOS. The molecule has 2 rings (SSSR count). The fraction of sp³-hybridized carbons (Fsp3) is 0.0714. The van der Waals surface area contributed by atoms with Gasteiger partial charge in [0.05, 0.1) is 0 Å². The average Bonchev–Trinajstić information content (AvgIpc) is 2.45. The summed E-state index contributed by atoms with van der Waals surface area (Å²) < 4.78 is 40.6. The zero-order valence-corrected chi connectivity index (χ0v) is 11.0. The van der Waals surface area contributed by atoms with Crippen molar-refractivity contribution in [2.45, 2.75) is 16.0 Å². The third-order valence-corrected chi connectivity index (χ3v) is 4.14. The Morgan fingerprint density at radius 2 is 1.25 bits per heavy atom. The van der Waals surface area contributed by atoms with Gasteiger partial charge in [0.2, 0.25) is 0 Å². The summed E-state index contributed by atoms with van der Waals surface area (Å²) in [4.78, 5) is 12.3. The molecule has 0 saturated carbocycles. The first-order chi connectivity index (χ1) is 9.48. The first-order valence-corrected chi connectivity index (χ1v) is 6.84. The minimum Gasteiger partial charge on any atom is -0.261 e. The number of nitrogens with zero attached hydrogens (tertiary/aromatic N) is 1. The maximum absolute atomic E-state index is 12.4. The van der Waals surface area contributed by atoms with Crippen molar-refractivity contribution in [1.82, 2.24) is 0 Å². The van der Waals surface area contributed by atoms with Gasteiger partial charge in [0.1, 0.15) is 0 Å². The van der Waals surface area contributed by atoms with Gasteiger partial charge in [-0.15, -0.1) is 0 Å². The molecule has 2 aromatic carbocycles. The largest absolute Gasteiger partial charge is 0.474 e. The van der Waals surface area contributed by atoms with E-state index in [2.05, 4.69) is 4.36 Å². The van der Waals surface area contributed by atoms with E-state index in [1.54, 1.807) is 60.7 Å². The molecule has 0 heterocycles. The van der Waals surface area contributed by atoms with E-state index in [1.807, 2.05) is 0 Å². The van der Waals surface area contributed by atoms with Crippen molar-refractivity contribution in [1.29, 1.82) is 0 Å². The van der Waals surface area contributed by atoms with E-state index in [-0.39, 0.29) is 0 Å². The Morgan fingerprint density at radius 1 is 0.850 bits per heavy atom. The van der Waals surface area contributed by atoms with Crippen molar-refractivity contribution in [3.05, 3.63) is 60.7 Å². The number of hydrogen-bond acceptors (Lipinski definition) is 1. The summed E-state index contributed by atoms with van der Waals surface area (Å²) >= 11 is 0. The molecule has 0 N–H and O–H groups in total. The van der Waals surface area contributed by atoms with Crippen LogP contribution in [0.15, 0.2) is 74.8 Å². The lowest BCUT2D eigenvalue weighted by atomic mass is 10.4. The number of hydrogen-bond donors (Lipinski definition) is 0. The Bertz CT molecular complexity index is 582. The number of alkyl halides is 3. The van der Waals surface area contributed by atoms with Gasteiger partial charge in [0.15, 0.2) is 0 Å². The summed E-state index contributed by atoms with van der Waals surface area (Å²) in [6.07, 6.45) is -4.95. The Morgan fingerprint density at radius 3 is 1.60 bits per heavy atom. The van der Waals surface area contributed by atoms with Gasteiger partial charge in [0.25, 0.3) is 0 Å². The summed E-state index contributed by atoms with van der Waals surface area (Å²) in [6.45, 7) is 0. The van der Waals surface area contributed by atoms with Crippen LogP contribution in [0.4, 0.5) is 13.2 Å². The van der Waals surface area contributed by atoms with Crippen LogP contribution in [0.2, 0.25) is 0 Å². The first-order valence-electron chi connectivity index (χ1n) is 5.66. The van der Waals surface area contributed by atoms with Gasteiger partial charge in [-0.1, -0.05) is 36.4 Å². The Kier molecular flexibility index (Phi) is 4.34. The minimum atomic E-state index is -4.95. The van der Waals surface area contributed by atoms with Crippen LogP contribution in [0.5, 0.6) is 0 Å². The molecule has 0 atom stereocenters. The summed E-state index contributed by atoms with van der Waals surface area (Å²) in [6, 6.07) is 16.9. The Labute approximate surface area is 116 Å². The highest BCUT2D eigenvalue weighted by atomic mass is 32.2. The fourth-order valence-electron chi connectivity index (χ4n) is 1.47. The van der Waals surface area contributed by atoms with Crippen LogP contribution in [0, 0.1) is 0 Å². The lowest BCUT2D eigenvalue weighted by Gasteiger charge is -2.09. The number of carbonyl (C=O) groups is 1. The molecule has 0 unspecified atom stereocenters. The Balaban J connectivity index is 2.52. The molecule has 0 radical (unpaired) electrons. The maximum atomic E-state index is 12.4. The van der Waals surface area contributed by atoms with Crippen molar-refractivity contribution in [2.75, 3.05) is 0 Å². The van der Waals surface area contributed by atoms with Crippen LogP contribution in [0.3, 0.4) is 0 Å². The fourth-order valence-corrected chi connectivity index (χ4v) is 3.06. The number of benzene rings is 2. The molecule has 0 aliphatic heterocycles. The zero-order chi connectivity index (χ0) is 14.6. The summed E-state index contributed by atoms with van der Waals surface area (Å²) in [5.41, 5.74) is 0. The second-order valence-corrected chi connectivity index (χ2v) is 5.50. The molecule has 1 amide bonds. The van der Waals surface area contributed by atoms with E-state index >= 15 is 0 Å². The molecule has 0 fully saturated rings. The first kappa shape index (κ1) is 14.5. The molecule has 20 heavy (non-hydrogen) atoms. The maximum Gasteiger partial charge on any atom is 0.474 e. The van der Waals surface area contributed by atoms with Gasteiger partial charge in [-0.3, -0.25) is 4.79 Å². The zero-order valence-electron chi connectivity index (χ0n) is 10.2. The highest BCUT2D eigenvalue weighted by Gasteiger charge is 2.39. The summed E-state index contributed by atoms with van der Waals surface area (Å²) in [5, 5.41) is 0. The van der Waals surface area contributed by atoms with E-state index in [0.29, 0.717) is 9.79 Å². The molecule has 6 heteroatoms. The number of carbonyl (C=O) groups excluding carboxylic acids is 1. The number of amides is 1. The second-order valence-electron chi connectivity index (χ2n) is 3.80. The highest BCUT2D eigenvalue weighted by Crippen LogP contribution is 2.23. The lowest BCUT2D eigenvalue weighted by Crippen LogP contribution is -2.21. The number of halogens is 3. The van der Waals surface area contributed by atoms with Gasteiger partial charge in [-0.25, -0.2) is 0 Å². The SMILES string of the molecule is O=C(N=S(c1ccccc1)c1ccccc1)C(F)(F)F. The van der Waals surface area contributed by atoms with E-state index in [4.69, 9.17) is 0 Å². The predicted octanol–water partition coefficient (Wildman–Crippen LogP) is 4.00. The van der Waals surface area contributed by atoms with Gasteiger partial charge < -0.3 is 0 Å². The molecule has 0 bridgehead atoms. The molecule has 0 aliphatic carbocycles. The monoisotopic (exact) mass is 297 g/mol. The normalized spacial score (nSPS) is 11.4. The molecule has 0 aliphatic rings. The predicted molar refractivity (Wildman–Crippen MR) is 70.3 cm³/mol. The van der Waals surface area contributed by atoms with Crippen LogP contribution in [0.1, 0.15) is 0 Å². The molecule has 2 nitrogen and oxygen atoms in total. The minimum absolute atomic E-state index is 0.566. The average molecular weight is 297 g/mol. The summed E-state index contributed by atoms with van der Waals surface area (Å²) in [5.74, 6) is -2.06. The van der Waals surface area contributed by atoms with Crippen LogP contribution in [0.25, 0.3) is 0 Å². The third-order valence-electron chi connectivity index (χ3n) is 2.35. The van der Waals surface area contributed by atoms with Crippen LogP contribution in [-0.2, 0) is 15.5 Å². The molecule has 0 aromatic heterocycles. The van der Waals surface area contributed by atoms with Gasteiger partial charge in [-0.2, -0.15) is 17.5 Å². The van der Waals surface area contributed by atoms with Crippen LogP contribution in [-0.4, -0.2) is 12.1 Å². The van der Waals surface area contributed by atoms with Crippen molar-refractivity contribution < 1.29 is 18.0 Å². The van der Waals surface area contributed by atoms with Crippen molar-refractivity contribution >= 4 is 16.6 Å². The molecule has 0 saturated heterocycles. The van der Waals surface area contributed by atoms with E-state index in [9.17, 15) is 18.0 Å². The van der Waals surface area contributed by atoms with Crippen molar-refractivity contribution in [2.24, 2.45) is 4.36 Å². The van der Waals surface area contributed by atoms with E-state index < -0.39 is 22.8 Å².